The minimum Gasteiger partial charge on any atom is -0.383 e. The standard InChI is InChI=1S/C20H22FN7/c1-9-4-10-5-11(10)6-15(9)26-19-13-2-3-24-18(13)27-20(28-19)16(22)14-7-12(21)8-25-17(14)23/h2-3,7-11,15,22H,4-6H2,1H3,(H2,23,25)(H2,24,26,27,28)/t9-,10?,11?,15?/m0/s1. The highest BCUT2D eigenvalue weighted by Crippen LogP contribution is 2.51. The van der Waals surface area contributed by atoms with Crippen LogP contribution < -0.4 is 11.1 Å². The van der Waals surface area contributed by atoms with E-state index in [1.54, 1.807) is 6.20 Å². The zero-order chi connectivity index (χ0) is 19.4. The van der Waals surface area contributed by atoms with Crippen molar-refractivity contribution in [1.29, 1.82) is 5.41 Å². The van der Waals surface area contributed by atoms with Crippen LogP contribution in [0.25, 0.3) is 11.0 Å². The lowest BCUT2D eigenvalue weighted by Crippen LogP contribution is -2.32. The van der Waals surface area contributed by atoms with Gasteiger partial charge in [-0.2, -0.15) is 0 Å². The molecule has 3 heterocycles. The molecule has 28 heavy (non-hydrogen) atoms. The number of nitrogens with two attached hydrogens (primary N) is 1. The summed E-state index contributed by atoms with van der Waals surface area (Å²) in [5.74, 6) is 2.71. The van der Waals surface area contributed by atoms with E-state index in [-0.39, 0.29) is 22.9 Å². The Labute approximate surface area is 161 Å². The quantitative estimate of drug-likeness (QED) is 0.519. The topological polar surface area (TPSA) is 116 Å². The first kappa shape index (κ1) is 17.1. The van der Waals surface area contributed by atoms with Gasteiger partial charge in [-0.1, -0.05) is 6.92 Å². The third kappa shape index (κ3) is 2.89. The van der Waals surface area contributed by atoms with Gasteiger partial charge in [-0.05, 0) is 49.1 Å². The van der Waals surface area contributed by atoms with Crippen molar-refractivity contribution in [3.63, 3.8) is 0 Å². The van der Waals surface area contributed by atoms with Crippen molar-refractivity contribution in [2.45, 2.75) is 32.2 Å². The van der Waals surface area contributed by atoms with Crippen molar-refractivity contribution in [3.05, 3.63) is 41.7 Å². The SMILES string of the molecule is C[C@H]1CC2CC2CC1Nc1nc(C(=N)c2cc(F)cnc2N)nc2[nH]ccc12. The summed E-state index contributed by atoms with van der Waals surface area (Å²) in [6.45, 7) is 2.28. The van der Waals surface area contributed by atoms with E-state index >= 15 is 0 Å². The molecule has 0 bridgehead atoms. The van der Waals surface area contributed by atoms with Gasteiger partial charge in [0.1, 0.15) is 28.8 Å². The van der Waals surface area contributed by atoms with Crippen LogP contribution in [0.4, 0.5) is 16.0 Å². The zero-order valence-electron chi connectivity index (χ0n) is 15.5. The van der Waals surface area contributed by atoms with Gasteiger partial charge in [0.2, 0.25) is 0 Å². The van der Waals surface area contributed by atoms with Crippen LogP contribution in [0.1, 0.15) is 37.6 Å². The summed E-state index contributed by atoms with van der Waals surface area (Å²) in [5.41, 5.74) is 6.61. The Balaban J connectivity index is 1.52. The number of pyridine rings is 1. The lowest BCUT2D eigenvalue weighted by Gasteiger charge is -2.30. The number of fused-ring (bicyclic) bond motifs is 2. The van der Waals surface area contributed by atoms with Crippen molar-refractivity contribution < 1.29 is 4.39 Å². The van der Waals surface area contributed by atoms with Gasteiger partial charge in [-0.25, -0.2) is 19.3 Å². The van der Waals surface area contributed by atoms with E-state index in [1.165, 1.54) is 18.9 Å². The molecule has 0 aromatic carbocycles. The number of nitrogen functional groups attached to an aromatic ring is 1. The van der Waals surface area contributed by atoms with Crippen molar-refractivity contribution in [1.82, 2.24) is 19.9 Å². The van der Waals surface area contributed by atoms with Crippen LogP contribution in [-0.2, 0) is 0 Å². The molecule has 3 aromatic rings. The average molecular weight is 379 g/mol. The normalized spacial score (nSPS) is 26.1. The molecule has 2 aliphatic rings. The molecule has 0 radical (unpaired) electrons. The molecule has 2 saturated carbocycles. The number of anilines is 2. The van der Waals surface area contributed by atoms with Gasteiger partial charge in [0.15, 0.2) is 5.82 Å². The fourth-order valence-electron chi connectivity index (χ4n) is 4.40. The highest BCUT2D eigenvalue weighted by atomic mass is 19.1. The Morgan fingerprint density at radius 3 is 2.96 bits per heavy atom. The van der Waals surface area contributed by atoms with E-state index in [9.17, 15) is 4.39 Å². The highest BCUT2D eigenvalue weighted by Gasteiger charge is 2.45. The van der Waals surface area contributed by atoms with Gasteiger partial charge in [0.25, 0.3) is 0 Å². The fourth-order valence-corrected chi connectivity index (χ4v) is 4.40. The molecule has 5 rings (SSSR count). The Hall–Kier alpha value is -3.03. The third-order valence-corrected chi connectivity index (χ3v) is 6.10. The molecule has 3 unspecified atom stereocenters. The molecule has 2 fully saturated rings. The molecule has 0 saturated heterocycles. The van der Waals surface area contributed by atoms with Crippen molar-refractivity contribution in [3.8, 4) is 0 Å². The first-order valence-electron chi connectivity index (χ1n) is 9.61. The first-order chi connectivity index (χ1) is 13.5. The van der Waals surface area contributed by atoms with Gasteiger partial charge in [0, 0.05) is 17.8 Å². The van der Waals surface area contributed by atoms with Crippen LogP contribution in [0.2, 0.25) is 0 Å². The molecule has 8 heteroatoms. The van der Waals surface area contributed by atoms with Crippen LogP contribution in [0.5, 0.6) is 0 Å². The molecule has 0 amide bonds. The Morgan fingerprint density at radius 2 is 2.11 bits per heavy atom. The van der Waals surface area contributed by atoms with E-state index in [4.69, 9.17) is 11.1 Å². The van der Waals surface area contributed by atoms with Crippen LogP contribution in [0.3, 0.4) is 0 Å². The van der Waals surface area contributed by atoms with Gasteiger partial charge in [0.05, 0.1) is 11.6 Å². The van der Waals surface area contributed by atoms with Crippen molar-refractivity contribution >= 4 is 28.4 Å². The highest BCUT2D eigenvalue weighted by molar-refractivity contribution is 6.12. The van der Waals surface area contributed by atoms with Gasteiger partial charge < -0.3 is 16.0 Å². The van der Waals surface area contributed by atoms with E-state index < -0.39 is 5.82 Å². The number of hydrogen-bond donors (Lipinski definition) is 4. The minimum absolute atomic E-state index is 0.0528. The second-order valence-electron chi connectivity index (χ2n) is 8.05. The largest absolute Gasteiger partial charge is 0.383 e. The van der Waals surface area contributed by atoms with Crippen LogP contribution >= 0.6 is 0 Å². The smallest absolute Gasteiger partial charge is 0.182 e. The van der Waals surface area contributed by atoms with Crippen molar-refractivity contribution in [2.24, 2.45) is 17.8 Å². The first-order valence-corrected chi connectivity index (χ1v) is 9.61. The summed E-state index contributed by atoms with van der Waals surface area (Å²) in [6.07, 6.45) is 6.57. The number of H-pyrrole nitrogens is 1. The molecule has 4 atom stereocenters. The van der Waals surface area contributed by atoms with E-state index in [0.717, 1.165) is 29.8 Å². The molecule has 0 spiro atoms. The molecule has 5 N–H and O–H groups in total. The van der Waals surface area contributed by atoms with Crippen molar-refractivity contribution in [2.75, 3.05) is 11.1 Å². The predicted molar refractivity (Wildman–Crippen MR) is 106 cm³/mol. The number of aromatic nitrogens is 4. The summed E-state index contributed by atoms with van der Waals surface area (Å²) in [7, 11) is 0. The Bertz CT molecular complexity index is 1080. The summed E-state index contributed by atoms with van der Waals surface area (Å²) in [5, 5.41) is 13.0. The second-order valence-corrected chi connectivity index (χ2v) is 8.05. The maximum atomic E-state index is 13.6. The predicted octanol–water partition coefficient (Wildman–Crippen LogP) is 3.34. The van der Waals surface area contributed by atoms with Gasteiger partial charge in [-0.15, -0.1) is 0 Å². The maximum Gasteiger partial charge on any atom is 0.182 e. The van der Waals surface area contributed by atoms with E-state index in [2.05, 4.69) is 32.2 Å². The van der Waals surface area contributed by atoms with Crippen LogP contribution in [0, 0.1) is 29.0 Å². The number of halogens is 1. The summed E-state index contributed by atoms with van der Waals surface area (Å²) in [6, 6.07) is 3.47. The molecule has 7 nitrogen and oxygen atoms in total. The summed E-state index contributed by atoms with van der Waals surface area (Å²) < 4.78 is 13.6. The maximum absolute atomic E-state index is 13.6. The Morgan fingerprint density at radius 1 is 1.29 bits per heavy atom. The van der Waals surface area contributed by atoms with Crippen LogP contribution in [0.15, 0.2) is 24.5 Å². The lowest BCUT2D eigenvalue weighted by molar-refractivity contribution is 0.334. The average Bonchev–Trinajstić information content (AvgIpc) is 3.24. The Kier molecular flexibility index (Phi) is 3.82. The summed E-state index contributed by atoms with van der Waals surface area (Å²) in [4.78, 5) is 15.9. The zero-order valence-corrected chi connectivity index (χ0v) is 15.5. The van der Waals surface area contributed by atoms with E-state index in [1.807, 2.05) is 6.07 Å². The summed E-state index contributed by atoms with van der Waals surface area (Å²) >= 11 is 0. The number of hydrogen-bond acceptors (Lipinski definition) is 6. The molecule has 2 aliphatic carbocycles. The molecule has 0 aliphatic heterocycles. The lowest BCUT2D eigenvalue weighted by atomic mass is 9.86. The van der Waals surface area contributed by atoms with Crippen LogP contribution in [-0.4, -0.2) is 31.7 Å². The number of aromatic amines is 1. The van der Waals surface area contributed by atoms with Gasteiger partial charge >= 0.3 is 0 Å². The molecular formula is C20H22FN7. The number of nitrogens with one attached hydrogen (secondary N) is 3. The fraction of sp³-hybridized carbons (Fsp3) is 0.400. The van der Waals surface area contributed by atoms with Gasteiger partial charge in [-0.3, -0.25) is 5.41 Å². The molecule has 144 valence electrons. The second kappa shape index (κ2) is 6.25. The third-order valence-electron chi connectivity index (χ3n) is 6.10. The van der Waals surface area contributed by atoms with E-state index in [0.29, 0.717) is 23.4 Å². The molecule has 3 aromatic heterocycles. The number of nitrogens with zero attached hydrogens (tertiary/aromatic N) is 3. The minimum atomic E-state index is -0.553. The monoisotopic (exact) mass is 379 g/mol. The number of rotatable bonds is 4. The molecular weight excluding hydrogens is 357 g/mol.